The van der Waals surface area contributed by atoms with Gasteiger partial charge in [-0.15, -0.1) is 0 Å². The van der Waals surface area contributed by atoms with Crippen LogP contribution in [0.2, 0.25) is 0 Å². The molecule has 0 fully saturated rings. The fourth-order valence-corrected chi connectivity index (χ4v) is 1.81. The largest absolute Gasteiger partial charge is 0.378 e. The molecule has 2 unspecified atom stereocenters. The number of nitrogens with one attached hydrogen (secondary N) is 1. The van der Waals surface area contributed by atoms with Crippen molar-refractivity contribution >= 4 is 5.91 Å². The van der Waals surface area contributed by atoms with E-state index in [-0.39, 0.29) is 12.0 Å². The van der Waals surface area contributed by atoms with E-state index in [0.717, 1.165) is 12.8 Å². The summed E-state index contributed by atoms with van der Waals surface area (Å²) >= 11 is 0. The summed E-state index contributed by atoms with van der Waals surface area (Å²) in [4.78, 5) is 11.2. The lowest BCUT2D eigenvalue weighted by atomic mass is 9.95. The molecular weight excluding hydrogens is 216 g/mol. The van der Waals surface area contributed by atoms with Crippen LogP contribution >= 0.6 is 0 Å². The Kier molecular flexibility index (Phi) is 7.39. The Morgan fingerprint density at radius 1 is 1.41 bits per heavy atom. The lowest BCUT2D eigenvalue weighted by Gasteiger charge is -2.25. The van der Waals surface area contributed by atoms with Crippen LogP contribution in [0.15, 0.2) is 0 Å². The normalized spacial score (nSPS) is 16.8. The highest BCUT2D eigenvalue weighted by Crippen LogP contribution is 2.13. The molecule has 4 heteroatoms. The number of hydrogen-bond donors (Lipinski definition) is 2. The Bertz CT molecular complexity index is 231. The first-order chi connectivity index (χ1) is 7.81. The number of nitrogens with two attached hydrogens (primary N) is 1. The Morgan fingerprint density at radius 2 is 2.00 bits per heavy atom. The topological polar surface area (TPSA) is 64.3 Å². The molecule has 0 saturated carbocycles. The van der Waals surface area contributed by atoms with E-state index in [1.54, 1.807) is 7.05 Å². The highest BCUT2D eigenvalue weighted by Gasteiger charge is 2.28. The van der Waals surface area contributed by atoms with Crippen LogP contribution in [0.3, 0.4) is 0 Å². The Hall–Kier alpha value is -0.610. The number of carbonyl (C=O) groups is 1. The second-order valence-corrected chi connectivity index (χ2v) is 5.36. The fourth-order valence-electron chi connectivity index (χ4n) is 1.81. The van der Waals surface area contributed by atoms with Gasteiger partial charge in [-0.3, -0.25) is 4.79 Å². The molecule has 0 aromatic heterocycles. The molecule has 0 radical (unpaired) electrons. The number of ether oxygens (including phenoxy) is 1. The predicted molar refractivity (Wildman–Crippen MR) is 70.8 cm³/mol. The van der Waals surface area contributed by atoms with E-state index in [2.05, 4.69) is 26.1 Å². The number of likely N-dealkylation sites (N-methyl/N-ethyl adjacent to an activating group) is 1. The van der Waals surface area contributed by atoms with E-state index in [1.807, 2.05) is 6.92 Å². The van der Waals surface area contributed by atoms with Gasteiger partial charge in [-0.1, -0.05) is 13.8 Å². The maximum absolute atomic E-state index is 11.2. The van der Waals surface area contributed by atoms with Crippen LogP contribution < -0.4 is 11.1 Å². The summed E-state index contributed by atoms with van der Waals surface area (Å²) in [5.41, 5.74) is 4.73. The molecule has 0 aliphatic carbocycles. The highest BCUT2D eigenvalue weighted by atomic mass is 16.5. The third-order valence-electron chi connectivity index (χ3n) is 3.12. The molecule has 0 saturated heterocycles. The SMILES string of the molecule is CNC(C)(CCCOC(C)CC(C)C)C(N)=O. The van der Waals surface area contributed by atoms with Gasteiger partial charge in [0.25, 0.3) is 0 Å². The van der Waals surface area contributed by atoms with Gasteiger partial charge in [0, 0.05) is 6.61 Å². The van der Waals surface area contributed by atoms with Gasteiger partial charge in [-0.05, 0) is 46.1 Å². The van der Waals surface area contributed by atoms with E-state index >= 15 is 0 Å². The van der Waals surface area contributed by atoms with Crippen molar-refractivity contribution in [1.82, 2.24) is 5.32 Å². The average molecular weight is 244 g/mol. The number of primary amides is 1. The van der Waals surface area contributed by atoms with Gasteiger partial charge in [0.1, 0.15) is 0 Å². The molecule has 4 nitrogen and oxygen atoms in total. The van der Waals surface area contributed by atoms with Crippen molar-refractivity contribution < 1.29 is 9.53 Å². The summed E-state index contributed by atoms with van der Waals surface area (Å²) in [6.45, 7) is 8.96. The number of rotatable bonds is 9. The first kappa shape index (κ1) is 16.4. The highest BCUT2D eigenvalue weighted by molar-refractivity contribution is 5.84. The molecule has 0 aromatic carbocycles. The number of amides is 1. The summed E-state index contributed by atoms with van der Waals surface area (Å²) < 4.78 is 5.69. The molecule has 2 atom stereocenters. The maximum Gasteiger partial charge on any atom is 0.237 e. The van der Waals surface area contributed by atoms with E-state index < -0.39 is 5.54 Å². The quantitative estimate of drug-likeness (QED) is 0.607. The van der Waals surface area contributed by atoms with E-state index in [9.17, 15) is 4.79 Å². The van der Waals surface area contributed by atoms with Gasteiger partial charge >= 0.3 is 0 Å². The third kappa shape index (κ3) is 6.64. The zero-order valence-electron chi connectivity index (χ0n) is 11.9. The molecule has 0 bridgehead atoms. The molecule has 0 heterocycles. The van der Waals surface area contributed by atoms with Gasteiger partial charge in [0.05, 0.1) is 11.6 Å². The van der Waals surface area contributed by atoms with Crippen LogP contribution in [-0.4, -0.2) is 31.2 Å². The summed E-state index contributed by atoms with van der Waals surface area (Å²) in [6.07, 6.45) is 2.89. The van der Waals surface area contributed by atoms with Crippen molar-refractivity contribution in [1.29, 1.82) is 0 Å². The molecule has 0 aliphatic rings. The fraction of sp³-hybridized carbons (Fsp3) is 0.923. The smallest absolute Gasteiger partial charge is 0.237 e. The summed E-state index contributed by atoms with van der Waals surface area (Å²) in [5.74, 6) is 0.341. The first-order valence-electron chi connectivity index (χ1n) is 6.42. The maximum atomic E-state index is 11.2. The van der Waals surface area contributed by atoms with Crippen LogP contribution in [0.1, 0.15) is 47.0 Å². The number of carbonyl (C=O) groups excluding carboxylic acids is 1. The second-order valence-electron chi connectivity index (χ2n) is 5.36. The zero-order chi connectivity index (χ0) is 13.5. The average Bonchev–Trinajstić information content (AvgIpc) is 2.22. The molecule has 0 aliphatic heterocycles. The molecule has 0 rings (SSSR count). The van der Waals surface area contributed by atoms with Gasteiger partial charge < -0.3 is 15.8 Å². The van der Waals surface area contributed by atoms with Crippen molar-refractivity contribution in [2.24, 2.45) is 11.7 Å². The standard InChI is InChI=1S/C13H28N2O2/c1-10(2)9-11(3)17-8-6-7-13(4,15-5)12(14)16/h10-11,15H,6-9H2,1-5H3,(H2,14,16). The Balaban J connectivity index is 3.80. The van der Waals surface area contributed by atoms with Crippen LogP contribution in [0.4, 0.5) is 0 Å². The predicted octanol–water partition coefficient (Wildman–Crippen LogP) is 1.68. The molecule has 0 aromatic rings. The van der Waals surface area contributed by atoms with Crippen molar-refractivity contribution in [3.05, 3.63) is 0 Å². The van der Waals surface area contributed by atoms with Crippen LogP contribution in [0.5, 0.6) is 0 Å². The van der Waals surface area contributed by atoms with Crippen LogP contribution in [0, 0.1) is 5.92 Å². The molecule has 3 N–H and O–H groups in total. The monoisotopic (exact) mass is 244 g/mol. The summed E-state index contributed by atoms with van der Waals surface area (Å²) in [6, 6.07) is 0. The van der Waals surface area contributed by atoms with E-state index in [0.29, 0.717) is 18.9 Å². The van der Waals surface area contributed by atoms with E-state index in [1.165, 1.54) is 0 Å². The molecule has 1 amide bonds. The summed E-state index contributed by atoms with van der Waals surface area (Å²) in [5, 5.41) is 2.97. The van der Waals surface area contributed by atoms with Crippen molar-refractivity contribution in [2.75, 3.05) is 13.7 Å². The third-order valence-corrected chi connectivity index (χ3v) is 3.12. The molecule has 0 spiro atoms. The van der Waals surface area contributed by atoms with Crippen molar-refractivity contribution in [3.63, 3.8) is 0 Å². The van der Waals surface area contributed by atoms with Gasteiger partial charge in [0.2, 0.25) is 5.91 Å². The molecular formula is C13H28N2O2. The minimum Gasteiger partial charge on any atom is -0.378 e. The van der Waals surface area contributed by atoms with Gasteiger partial charge in [0.15, 0.2) is 0 Å². The van der Waals surface area contributed by atoms with Gasteiger partial charge in [-0.2, -0.15) is 0 Å². The second kappa shape index (κ2) is 7.67. The zero-order valence-corrected chi connectivity index (χ0v) is 11.9. The molecule has 17 heavy (non-hydrogen) atoms. The lowest BCUT2D eigenvalue weighted by molar-refractivity contribution is -0.124. The lowest BCUT2D eigenvalue weighted by Crippen LogP contribution is -2.51. The summed E-state index contributed by atoms with van der Waals surface area (Å²) in [7, 11) is 1.76. The van der Waals surface area contributed by atoms with Crippen molar-refractivity contribution in [3.8, 4) is 0 Å². The molecule has 102 valence electrons. The van der Waals surface area contributed by atoms with Crippen LogP contribution in [0.25, 0.3) is 0 Å². The van der Waals surface area contributed by atoms with Crippen LogP contribution in [-0.2, 0) is 9.53 Å². The Morgan fingerprint density at radius 3 is 2.41 bits per heavy atom. The number of hydrogen-bond acceptors (Lipinski definition) is 3. The minimum absolute atomic E-state index is 0.282. The Labute approximate surface area is 105 Å². The van der Waals surface area contributed by atoms with Gasteiger partial charge in [-0.25, -0.2) is 0 Å². The van der Waals surface area contributed by atoms with E-state index in [4.69, 9.17) is 10.5 Å². The first-order valence-corrected chi connectivity index (χ1v) is 6.42. The van der Waals surface area contributed by atoms with Crippen molar-refractivity contribution in [2.45, 2.75) is 58.6 Å². The minimum atomic E-state index is -0.620.